The Morgan fingerprint density at radius 1 is 1.29 bits per heavy atom. The van der Waals surface area contributed by atoms with Gasteiger partial charge in [-0.2, -0.15) is 0 Å². The summed E-state index contributed by atoms with van der Waals surface area (Å²) in [6.07, 6.45) is 4.67. The van der Waals surface area contributed by atoms with E-state index in [1.165, 1.54) is 35.0 Å². The monoisotopic (exact) mass is 340 g/mol. The maximum atomic E-state index is 4.66. The van der Waals surface area contributed by atoms with E-state index in [0.717, 1.165) is 31.3 Å². The quantitative estimate of drug-likeness (QED) is 0.722. The van der Waals surface area contributed by atoms with Gasteiger partial charge in [0.15, 0.2) is 5.13 Å². The average Bonchev–Trinajstić information content (AvgIpc) is 3.23. The van der Waals surface area contributed by atoms with Crippen molar-refractivity contribution in [3.8, 4) is 0 Å². The molecule has 0 spiro atoms. The van der Waals surface area contributed by atoms with E-state index in [-0.39, 0.29) is 0 Å². The molecule has 0 atom stereocenters. The smallest absolute Gasteiger partial charge is 0.182 e. The zero-order chi connectivity index (χ0) is 16.4. The zero-order valence-electron chi connectivity index (χ0n) is 14.1. The van der Waals surface area contributed by atoms with Crippen molar-refractivity contribution < 1.29 is 0 Å². The summed E-state index contributed by atoms with van der Waals surface area (Å²) >= 11 is 1.71. The lowest BCUT2D eigenvalue weighted by Crippen LogP contribution is -2.32. The van der Waals surface area contributed by atoms with Gasteiger partial charge in [-0.15, -0.1) is 11.3 Å². The molecular formula is C19H24N4S. The van der Waals surface area contributed by atoms with Gasteiger partial charge < -0.3 is 10.3 Å². The SMILES string of the molecule is CCNc1nc(CN2CCC(c3c[nH]c4ccccc34)CC2)cs1. The average molecular weight is 340 g/mol. The van der Waals surface area contributed by atoms with Crippen molar-refractivity contribution in [2.75, 3.05) is 25.0 Å². The molecule has 24 heavy (non-hydrogen) atoms. The highest BCUT2D eigenvalue weighted by atomic mass is 32.1. The van der Waals surface area contributed by atoms with Crippen molar-refractivity contribution in [1.82, 2.24) is 14.9 Å². The standard InChI is InChI=1S/C19H24N4S/c1-2-20-19-22-15(13-24-19)12-23-9-7-14(8-10-23)17-11-21-18-6-4-3-5-16(17)18/h3-6,11,13-14,21H,2,7-10,12H2,1H3,(H,20,22). The molecule has 4 rings (SSSR count). The molecule has 3 heterocycles. The molecule has 1 saturated heterocycles. The van der Waals surface area contributed by atoms with Crippen molar-refractivity contribution in [1.29, 1.82) is 0 Å². The Morgan fingerprint density at radius 2 is 2.12 bits per heavy atom. The number of H-pyrrole nitrogens is 1. The summed E-state index contributed by atoms with van der Waals surface area (Å²) in [6, 6.07) is 8.64. The predicted molar refractivity (Wildman–Crippen MR) is 102 cm³/mol. The van der Waals surface area contributed by atoms with E-state index in [9.17, 15) is 0 Å². The van der Waals surface area contributed by atoms with Crippen LogP contribution in [0.15, 0.2) is 35.8 Å². The minimum Gasteiger partial charge on any atom is -0.362 e. The number of hydrogen-bond acceptors (Lipinski definition) is 4. The summed E-state index contributed by atoms with van der Waals surface area (Å²) in [5.41, 5.74) is 3.95. The van der Waals surface area contributed by atoms with Gasteiger partial charge in [-0.3, -0.25) is 4.90 Å². The van der Waals surface area contributed by atoms with Gasteiger partial charge in [-0.1, -0.05) is 18.2 Å². The summed E-state index contributed by atoms with van der Waals surface area (Å²) in [5.74, 6) is 0.671. The number of benzene rings is 1. The van der Waals surface area contributed by atoms with Crippen molar-refractivity contribution in [3.63, 3.8) is 0 Å². The van der Waals surface area contributed by atoms with Crippen LogP contribution in [0.1, 0.15) is 36.9 Å². The molecule has 5 heteroatoms. The minimum atomic E-state index is 0.671. The van der Waals surface area contributed by atoms with Gasteiger partial charge in [-0.05, 0) is 50.4 Å². The number of nitrogens with zero attached hydrogens (tertiary/aromatic N) is 2. The second kappa shape index (κ2) is 6.95. The summed E-state index contributed by atoms with van der Waals surface area (Å²) in [7, 11) is 0. The first-order valence-electron chi connectivity index (χ1n) is 8.80. The van der Waals surface area contributed by atoms with Gasteiger partial charge in [0.1, 0.15) is 0 Å². The van der Waals surface area contributed by atoms with E-state index in [0.29, 0.717) is 5.92 Å². The number of rotatable bonds is 5. The van der Waals surface area contributed by atoms with Gasteiger partial charge >= 0.3 is 0 Å². The van der Waals surface area contributed by atoms with Crippen LogP contribution in [-0.4, -0.2) is 34.5 Å². The molecule has 0 saturated carbocycles. The molecule has 1 aliphatic rings. The van der Waals surface area contributed by atoms with Crippen LogP contribution in [0, 0.1) is 0 Å². The van der Waals surface area contributed by atoms with Crippen LogP contribution in [0.25, 0.3) is 10.9 Å². The summed E-state index contributed by atoms with van der Waals surface area (Å²) in [5, 5.41) is 7.91. The molecule has 3 aromatic rings. The summed E-state index contributed by atoms with van der Waals surface area (Å²) in [4.78, 5) is 10.6. The molecule has 1 aliphatic heterocycles. The Morgan fingerprint density at radius 3 is 2.96 bits per heavy atom. The highest BCUT2D eigenvalue weighted by Gasteiger charge is 2.23. The molecule has 4 nitrogen and oxygen atoms in total. The van der Waals surface area contributed by atoms with Crippen LogP contribution in [-0.2, 0) is 6.54 Å². The number of anilines is 1. The Hall–Kier alpha value is -1.85. The Balaban J connectivity index is 1.38. The zero-order valence-corrected chi connectivity index (χ0v) is 14.9. The first-order valence-corrected chi connectivity index (χ1v) is 9.68. The lowest BCUT2D eigenvalue weighted by molar-refractivity contribution is 0.203. The lowest BCUT2D eigenvalue weighted by atomic mass is 9.89. The number of fused-ring (bicyclic) bond motifs is 1. The summed E-state index contributed by atoms with van der Waals surface area (Å²) < 4.78 is 0. The van der Waals surface area contributed by atoms with Crippen LogP contribution in [0.4, 0.5) is 5.13 Å². The topological polar surface area (TPSA) is 44.0 Å². The van der Waals surface area contributed by atoms with E-state index < -0.39 is 0 Å². The molecule has 0 bridgehead atoms. The van der Waals surface area contributed by atoms with Crippen LogP contribution in [0.5, 0.6) is 0 Å². The highest BCUT2D eigenvalue weighted by molar-refractivity contribution is 7.13. The number of aromatic nitrogens is 2. The number of nitrogens with one attached hydrogen (secondary N) is 2. The summed E-state index contributed by atoms with van der Waals surface area (Å²) in [6.45, 7) is 6.32. The van der Waals surface area contributed by atoms with Crippen LogP contribution in [0.2, 0.25) is 0 Å². The number of piperidine rings is 1. The van der Waals surface area contributed by atoms with Crippen molar-refractivity contribution in [2.45, 2.75) is 32.2 Å². The third-order valence-electron chi connectivity index (χ3n) is 4.91. The normalized spacial score (nSPS) is 16.7. The number of thiazole rings is 1. The largest absolute Gasteiger partial charge is 0.362 e. The van der Waals surface area contributed by atoms with E-state index in [1.54, 1.807) is 11.3 Å². The van der Waals surface area contributed by atoms with Crippen LogP contribution < -0.4 is 5.32 Å². The van der Waals surface area contributed by atoms with Gasteiger partial charge in [0.25, 0.3) is 0 Å². The fraction of sp³-hybridized carbons (Fsp3) is 0.421. The van der Waals surface area contributed by atoms with Crippen molar-refractivity contribution in [2.24, 2.45) is 0 Å². The molecule has 0 amide bonds. The molecule has 1 aromatic carbocycles. The molecule has 1 fully saturated rings. The first kappa shape index (κ1) is 15.7. The first-order chi connectivity index (χ1) is 11.8. The van der Waals surface area contributed by atoms with Crippen LogP contribution >= 0.6 is 11.3 Å². The molecule has 126 valence electrons. The molecular weight excluding hydrogens is 316 g/mol. The highest BCUT2D eigenvalue weighted by Crippen LogP contribution is 2.33. The minimum absolute atomic E-state index is 0.671. The second-order valence-electron chi connectivity index (χ2n) is 6.51. The number of para-hydroxylation sites is 1. The van der Waals surface area contributed by atoms with E-state index >= 15 is 0 Å². The predicted octanol–water partition coefficient (Wildman–Crippen LogP) is 4.44. The maximum absolute atomic E-state index is 4.66. The van der Waals surface area contributed by atoms with Crippen molar-refractivity contribution in [3.05, 3.63) is 47.1 Å². The van der Waals surface area contributed by atoms with Gasteiger partial charge in [0.2, 0.25) is 0 Å². The Labute approximate surface area is 146 Å². The number of likely N-dealkylation sites (tertiary alicyclic amines) is 1. The second-order valence-corrected chi connectivity index (χ2v) is 7.37. The fourth-order valence-corrected chi connectivity index (χ4v) is 4.45. The van der Waals surface area contributed by atoms with Gasteiger partial charge in [0.05, 0.1) is 5.69 Å². The van der Waals surface area contributed by atoms with E-state index in [4.69, 9.17) is 0 Å². The van der Waals surface area contributed by atoms with Gasteiger partial charge in [-0.25, -0.2) is 4.98 Å². The molecule has 0 radical (unpaired) electrons. The molecule has 0 aliphatic carbocycles. The molecule has 2 N–H and O–H groups in total. The maximum Gasteiger partial charge on any atom is 0.182 e. The Bertz CT molecular complexity index is 798. The number of aromatic amines is 1. The van der Waals surface area contributed by atoms with Crippen molar-refractivity contribution >= 4 is 27.4 Å². The third kappa shape index (κ3) is 3.19. The fourth-order valence-electron chi connectivity index (χ4n) is 3.67. The Kier molecular flexibility index (Phi) is 4.54. The van der Waals surface area contributed by atoms with E-state index in [1.807, 2.05) is 0 Å². The van der Waals surface area contributed by atoms with Crippen LogP contribution in [0.3, 0.4) is 0 Å². The molecule has 0 unspecified atom stereocenters. The third-order valence-corrected chi connectivity index (χ3v) is 5.76. The lowest BCUT2D eigenvalue weighted by Gasteiger charge is -2.31. The molecule has 2 aromatic heterocycles. The van der Waals surface area contributed by atoms with Gasteiger partial charge in [0, 0.05) is 35.6 Å². The number of hydrogen-bond donors (Lipinski definition) is 2. The van der Waals surface area contributed by atoms with E-state index in [2.05, 4.69) is 63.0 Å².